The summed E-state index contributed by atoms with van der Waals surface area (Å²) >= 11 is 0. The van der Waals surface area contributed by atoms with Crippen LogP contribution in [0.1, 0.15) is 44.6 Å². The van der Waals surface area contributed by atoms with Crippen LogP contribution in [0.25, 0.3) is 0 Å². The SMILES string of the molecule is CCOc1ccc(NC(=O)C2(c3ccc(F)cc3)CCOCC2)cc1S(=O)(=O)N1CCCCC1. The van der Waals surface area contributed by atoms with Gasteiger partial charge in [0.1, 0.15) is 16.5 Å². The molecule has 0 saturated carbocycles. The summed E-state index contributed by atoms with van der Waals surface area (Å²) in [7, 11) is -3.77. The zero-order valence-corrected chi connectivity index (χ0v) is 20.2. The lowest BCUT2D eigenvalue weighted by Crippen LogP contribution is -2.44. The second-order valence-electron chi connectivity index (χ2n) is 8.71. The monoisotopic (exact) mass is 490 g/mol. The van der Waals surface area contributed by atoms with Gasteiger partial charge in [0, 0.05) is 32.0 Å². The molecule has 0 spiro atoms. The van der Waals surface area contributed by atoms with Crippen LogP contribution in [0.2, 0.25) is 0 Å². The van der Waals surface area contributed by atoms with Crippen molar-refractivity contribution in [1.82, 2.24) is 4.31 Å². The Labute approximate surface area is 200 Å². The molecule has 0 atom stereocenters. The third kappa shape index (κ3) is 4.96. The van der Waals surface area contributed by atoms with E-state index in [4.69, 9.17) is 9.47 Å². The van der Waals surface area contributed by atoms with Gasteiger partial charge in [0.05, 0.1) is 12.0 Å². The predicted octanol–water partition coefficient (Wildman–Crippen LogP) is 4.09. The number of ether oxygens (including phenoxy) is 2. The van der Waals surface area contributed by atoms with E-state index in [0.717, 1.165) is 19.3 Å². The molecule has 4 rings (SSSR count). The van der Waals surface area contributed by atoms with Crippen molar-refractivity contribution < 1.29 is 27.1 Å². The molecule has 1 amide bonds. The van der Waals surface area contributed by atoms with Crippen LogP contribution in [0, 0.1) is 5.82 Å². The van der Waals surface area contributed by atoms with E-state index in [1.54, 1.807) is 31.2 Å². The normalized spacial score (nSPS) is 18.9. The van der Waals surface area contributed by atoms with Crippen molar-refractivity contribution in [3.05, 3.63) is 53.8 Å². The maximum absolute atomic E-state index is 13.6. The Morgan fingerprint density at radius 1 is 1.09 bits per heavy atom. The van der Waals surface area contributed by atoms with Gasteiger partial charge in [-0.1, -0.05) is 18.6 Å². The summed E-state index contributed by atoms with van der Waals surface area (Å²) < 4.78 is 53.0. The van der Waals surface area contributed by atoms with Gasteiger partial charge in [-0.2, -0.15) is 4.31 Å². The third-order valence-electron chi connectivity index (χ3n) is 6.61. The number of amides is 1. The first-order chi connectivity index (χ1) is 16.4. The highest BCUT2D eigenvalue weighted by atomic mass is 32.2. The van der Waals surface area contributed by atoms with Crippen LogP contribution in [-0.4, -0.2) is 51.5 Å². The Kier molecular flexibility index (Phi) is 7.54. The Balaban J connectivity index is 1.66. The molecule has 2 fully saturated rings. The topological polar surface area (TPSA) is 84.9 Å². The molecule has 2 heterocycles. The highest BCUT2D eigenvalue weighted by Gasteiger charge is 2.42. The van der Waals surface area contributed by atoms with Crippen molar-refractivity contribution in [2.45, 2.75) is 49.3 Å². The van der Waals surface area contributed by atoms with Crippen LogP contribution < -0.4 is 10.1 Å². The molecule has 2 aromatic rings. The standard InChI is InChI=1S/C25H31FN2O5S/c1-2-33-22-11-10-21(18-23(22)34(30,31)28-14-4-3-5-15-28)27-24(29)25(12-16-32-17-13-25)19-6-8-20(26)9-7-19/h6-11,18H,2-5,12-17H2,1H3,(H,27,29). The Bertz CT molecular complexity index is 1110. The van der Waals surface area contributed by atoms with Gasteiger partial charge >= 0.3 is 0 Å². The second-order valence-corrected chi connectivity index (χ2v) is 10.6. The first-order valence-electron chi connectivity index (χ1n) is 11.8. The molecular weight excluding hydrogens is 459 g/mol. The van der Waals surface area contributed by atoms with E-state index in [1.807, 2.05) is 0 Å². The Morgan fingerprint density at radius 3 is 2.41 bits per heavy atom. The molecule has 2 saturated heterocycles. The number of anilines is 1. The van der Waals surface area contributed by atoms with E-state index < -0.39 is 15.4 Å². The number of hydrogen-bond acceptors (Lipinski definition) is 5. The van der Waals surface area contributed by atoms with Gasteiger partial charge in [-0.15, -0.1) is 0 Å². The molecule has 2 aliphatic rings. The maximum atomic E-state index is 13.6. The number of benzene rings is 2. The number of sulfonamides is 1. The van der Waals surface area contributed by atoms with Crippen molar-refractivity contribution in [3.63, 3.8) is 0 Å². The van der Waals surface area contributed by atoms with Gasteiger partial charge in [0.2, 0.25) is 15.9 Å². The van der Waals surface area contributed by atoms with Crippen LogP contribution in [0.4, 0.5) is 10.1 Å². The van der Waals surface area contributed by atoms with E-state index in [0.29, 0.717) is 57.0 Å². The minimum Gasteiger partial charge on any atom is -0.492 e. The molecular formula is C25H31FN2O5S. The summed E-state index contributed by atoms with van der Waals surface area (Å²) in [5.41, 5.74) is 0.190. The van der Waals surface area contributed by atoms with Gasteiger partial charge in [-0.05, 0) is 68.5 Å². The fourth-order valence-electron chi connectivity index (χ4n) is 4.69. The number of piperidine rings is 1. The lowest BCUT2D eigenvalue weighted by atomic mass is 9.73. The first-order valence-corrected chi connectivity index (χ1v) is 13.2. The molecule has 0 aromatic heterocycles. The molecule has 184 valence electrons. The highest BCUT2D eigenvalue weighted by Crippen LogP contribution is 2.37. The summed E-state index contributed by atoms with van der Waals surface area (Å²) in [4.78, 5) is 13.6. The molecule has 9 heteroatoms. The number of carbonyl (C=O) groups excluding carboxylic acids is 1. The largest absolute Gasteiger partial charge is 0.492 e. The van der Waals surface area contributed by atoms with Crippen molar-refractivity contribution in [1.29, 1.82) is 0 Å². The lowest BCUT2D eigenvalue weighted by Gasteiger charge is -2.36. The van der Waals surface area contributed by atoms with Crippen LogP contribution in [0.3, 0.4) is 0 Å². The minimum atomic E-state index is -3.77. The van der Waals surface area contributed by atoms with E-state index in [9.17, 15) is 17.6 Å². The quantitative estimate of drug-likeness (QED) is 0.632. The van der Waals surface area contributed by atoms with Crippen LogP contribution in [0.5, 0.6) is 5.75 Å². The van der Waals surface area contributed by atoms with Crippen molar-refractivity contribution in [2.75, 3.05) is 38.2 Å². The van der Waals surface area contributed by atoms with E-state index in [2.05, 4.69) is 5.32 Å². The summed E-state index contributed by atoms with van der Waals surface area (Å²) in [6.45, 7) is 3.87. The molecule has 2 aromatic carbocycles. The van der Waals surface area contributed by atoms with Crippen LogP contribution >= 0.6 is 0 Å². The number of nitrogens with zero attached hydrogens (tertiary/aromatic N) is 1. The minimum absolute atomic E-state index is 0.0526. The van der Waals surface area contributed by atoms with Gasteiger partial charge in [0.25, 0.3) is 0 Å². The summed E-state index contributed by atoms with van der Waals surface area (Å²) in [5.74, 6) is -0.372. The Hall–Kier alpha value is -2.49. The zero-order valence-electron chi connectivity index (χ0n) is 19.4. The average molecular weight is 491 g/mol. The van der Waals surface area contributed by atoms with Gasteiger partial charge < -0.3 is 14.8 Å². The van der Waals surface area contributed by atoms with Gasteiger partial charge in [-0.25, -0.2) is 12.8 Å². The molecule has 7 nitrogen and oxygen atoms in total. The van der Waals surface area contributed by atoms with Gasteiger partial charge in [0.15, 0.2) is 0 Å². The van der Waals surface area contributed by atoms with Gasteiger partial charge in [-0.3, -0.25) is 4.79 Å². The molecule has 0 aliphatic carbocycles. The summed E-state index contributed by atoms with van der Waals surface area (Å²) in [6, 6.07) is 10.7. The molecule has 0 radical (unpaired) electrons. The first kappa shape index (κ1) is 24.6. The molecule has 1 N–H and O–H groups in total. The van der Waals surface area contributed by atoms with Crippen molar-refractivity contribution in [2.24, 2.45) is 0 Å². The molecule has 34 heavy (non-hydrogen) atoms. The van der Waals surface area contributed by atoms with Crippen LogP contribution in [-0.2, 0) is 25.0 Å². The number of nitrogens with one attached hydrogen (secondary N) is 1. The maximum Gasteiger partial charge on any atom is 0.246 e. The smallest absolute Gasteiger partial charge is 0.246 e. The summed E-state index contributed by atoms with van der Waals surface area (Å²) in [6.07, 6.45) is 3.54. The third-order valence-corrected chi connectivity index (χ3v) is 8.53. The van der Waals surface area contributed by atoms with E-state index in [-0.39, 0.29) is 22.4 Å². The second kappa shape index (κ2) is 10.4. The molecule has 2 aliphatic heterocycles. The van der Waals surface area contributed by atoms with Crippen LogP contribution in [0.15, 0.2) is 47.4 Å². The van der Waals surface area contributed by atoms with E-state index >= 15 is 0 Å². The highest BCUT2D eigenvalue weighted by molar-refractivity contribution is 7.89. The molecule has 0 bridgehead atoms. The fourth-order valence-corrected chi connectivity index (χ4v) is 6.37. The average Bonchev–Trinajstić information content (AvgIpc) is 2.86. The lowest BCUT2D eigenvalue weighted by molar-refractivity contribution is -0.125. The predicted molar refractivity (Wildman–Crippen MR) is 127 cm³/mol. The Morgan fingerprint density at radius 2 is 1.76 bits per heavy atom. The number of rotatable bonds is 7. The van der Waals surface area contributed by atoms with E-state index in [1.165, 1.54) is 22.5 Å². The fraction of sp³-hybridized carbons (Fsp3) is 0.480. The number of hydrogen-bond donors (Lipinski definition) is 1. The number of carbonyl (C=O) groups is 1. The molecule has 0 unspecified atom stereocenters. The number of halogens is 1. The summed E-state index contributed by atoms with van der Waals surface area (Å²) in [5, 5.41) is 2.92. The zero-order chi connectivity index (χ0) is 24.2. The van der Waals surface area contributed by atoms with Crippen molar-refractivity contribution in [3.8, 4) is 5.75 Å². The van der Waals surface area contributed by atoms with Crippen molar-refractivity contribution >= 4 is 21.6 Å².